The molecule has 3 rings (SSSR count). The molecule has 2 N–H and O–H groups in total. The fourth-order valence-corrected chi connectivity index (χ4v) is 1.97. The summed E-state index contributed by atoms with van der Waals surface area (Å²) in [7, 11) is 0. The van der Waals surface area contributed by atoms with Crippen LogP contribution >= 0.6 is 0 Å². The summed E-state index contributed by atoms with van der Waals surface area (Å²) in [6.07, 6.45) is 1.89. The molecule has 0 spiro atoms. The molecule has 0 radical (unpaired) electrons. The van der Waals surface area contributed by atoms with Gasteiger partial charge in [-0.3, -0.25) is 10.1 Å². The zero-order valence-electron chi connectivity index (χ0n) is 10.1. The number of rotatable bonds is 4. The van der Waals surface area contributed by atoms with Gasteiger partial charge in [0.15, 0.2) is 0 Å². The SMILES string of the molecule is NCC1(c2nc(-c3cccc([N+](=O)[O-])c3)no2)CC1. The highest BCUT2D eigenvalue weighted by Gasteiger charge is 2.48. The molecule has 0 atom stereocenters. The van der Waals surface area contributed by atoms with Gasteiger partial charge in [0.1, 0.15) is 0 Å². The second kappa shape index (κ2) is 4.13. The van der Waals surface area contributed by atoms with Crippen LogP contribution in [0.1, 0.15) is 18.7 Å². The maximum Gasteiger partial charge on any atom is 0.270 e. The van der Waals surface area contributed by atoms with Crippen LogP contribution in [0, 0.1) is 10.1 Å². The number of nitrogens with zero attached hydrogens (tertiary/aromatic N) is 3. The molecule has 98 valence electrons. The van der Waals surface area contributed by atoms with Crippen molar-refractivity contribution < 1.29 is 9.45 Å². The van der Waals surface area contributed by atoms with E-state index in [1.54, 1.807) is 12.1 Å². The van der Waals surface area contributed by atoms with E-state index in [1.807, 2.05) is 0 Å². The maximum absolute atomic E-state index is 10.7. The van der Waals surface area contributed by atoms with E-state index in [0.717, 1.165) is 12.8 Å². The number of nitro groups is 1. The average molecular weight is 260 g/mol. The first-order chi connectivity index (χ1) is 9.14. The predicted molar refractivity (Wildman–Crippen MR) is 66.4 cm³/mol. The highest BCUT2D eigenvalue weighted by Crippen LogP contribution is 2.46. The van der Waals surface area contributed by atoms with Gasteiger partial charge in [0.05, 0.1) is 10.3 Å². The summed E-state index contributed by atoms with van der Waals surface area (Å²) >= 11 is 0. The van der Waals surface area contributed by atoms with E-state index in [9.17, 15) is 10.1 Å². The van der Waals surface area contributed by atoms with E-state index in [1.165, 1.54) is 12.1 Å². The Labute approximate surface area is 108 Å². The zero-order valence-corrected chi connectivity index (χ0v) is 10.1. The van der Waals surface area contributed by atoms with Gasteiger partial charge in [-0.05, 0) is 12.8 Å². The van der Waals surface area contributed by atoms with Gasteiger partial charge in [0.25, 0.3) is 5.69 Å². The van der Waals surface area contributed by atoms with Gasteiger partial charge in [0.2, 0.25) is 11.7 Å². The molecule has 0 unspecified atom stereocenters. The Morgan fingerprint density at radius 1 is 1.47 bits per heavy atom. The van der Waals surface area contributed by atoms with E-state index < -0.39 is 4.92 Å². The fraction of sp³-hybridized carbons (Fsp3) is 0.333. The standard InChI is InChI=1S/C12H12N4O3/c13-7-12(4-5-12)11-14-10(15-19-11)8-2-1-3-9(6-8)16(17)18/h1-3,6H,4-5,7,13H2. The topological polar surface area (TPSA) is 108 Å². The highest BCUT2D eigenvalue weighted by atomic mass is 16.6. The number of benzene rings is 1. The third-order valence-corrected chi connectivity index (χ3v) is 3.44. The number of hydrogen-bond acceptors (Lipinski definition) is 6. The molecule has 0 bridgehead atoms. The molecule has 0 saturated heterocycles. The average Bonchev–Trinajstić information content (AvgIpc) is 3.08. The smallest absolute Gasteiger partial charge is 0.270 e. The minimum absolute atomic E-state index is 0.00353. The van der Waals surface area contributed by atoms with Gasteiger partial charge in [-0.25, -0.2) is 0 Å². The lowest BCUT2D eigenvalue weighted by Crippen LogP contribution is -2.19. The van der Waals surface area contributed by atoms with Crippen molar-refractivity contribution in [3.8, 4) is 11.4 Å². The minimum atomic E-state index is -0.452. The summed E-state index contributed by atoms with van der Waals surface area (Å²) in [5.74, 6) is 0.884. The quantitative estimate of drug-likeness (QED) is 0.661. The van der Waals surface area contributed by atoms with Gasteiger partial charge in [-0.15, -0.1) is 0 Å². The van der Waals surface area contributed by atoms with Crippen molar-refractivity contribution in [2.24, 2.45) is 5.73 Å². The molecule has 1 aromatic heterocycles. The van der Waals surface area contributed by atoms with Crippen molar-refractivity contribution >= 4 is 5.69 Å². The van der Waals surface area contributed by atoms with Crippen LogP contribution in [0.25, 0.3) is 11.4 Å². The molecule has 0 amide bonds. The van der Waals surface area contributed by atoms with E-state index in [0.29, 0.717) is 23.8 Å². The second-order valence-electron chi connectivity index (χ2n) is 4.72. The summed E-state index contributed by atoms with van der Waals surface area (Å²) in [5.41, 5.74) is 6.09. The van der Waals surface area contributed by atoms with Crippen molar-refractivity contribution in [2.45, 2.75) is 18.3 Å². The number of hydrogen-bond donors (Lipinski definition) is 1. The minimum Gasteiger partial charge on any atom is -0.338 e. The first-order valence-corrected chi connectivity index (χ1v) is 5.94. The van der Waals surface area contributed by atoms with Crippen LogP contribution in [-0.2, 0) is 5.41 Å². The third-order valence-electron chi connectivity index (χ3n) is 3.44. The molecule has 7 heteroatoms. The normalized spacial score (nSPS) is 16.3. The maximum atomic E-state index is 10.7. The Hall–Kier alpha value is -2.28. The van der Waals surface area contributed by atoms with Crippen LogP contribution in [0.5, 0.6) is 0 Å². The van der Waals surface area contributed by atoms with Crippen molar-refractivity contribution in [3.05, 3.63) is 40.3 Å². The molecule has 7 nitrogen and oxygen atoms in total. The summed E-state index contributed by atoms with van der Waals surface area (Å²) in [5, 5.41) is 14.6. The fourth-order valence-electron chi connectivity index (χ4n) is 1.97. The summed E-state index contributed by atoms with van der Waals surface area (Å²) in [6, 6.07) is 6.16. The van der Waals surface area contributed by atoms with Crippen LogP contribution in [0.3, 0.4) is 0 Å². The van der Waals surface area contributed by atoms with Crippen LogP contribution in [0.15, 0.2) is 28.8 Å². The van der Waals surface area contributed by atoms with Gasteiger partial charge in [-0.1, -0.05) is 17.3 Å². The van der Waals surface area contributed by atoms with Crippen molar-refractivity contribution in [3.63, 3.8) is 0 Å². The third kappa shape index (κ3) is 1.97. The van der Waals surface area contributed by atoms with Gasteiger partial charge >= 0.3 is 0 Å². The molecule has 2 aromatic rings. The number of non-ortho nitro benzene ring substituents is 1. The Morgan fingerprint density at radius 2 is 2.26 bits per heavy atom. The summed E-state index contributed by atoms with van der Waals surface area (Å²) in [4.78, 5) is 14.6. The molecule has 1 heterocycles. The molecule has 1 fully saturated rings. The Balaban J connectivity index is 1.95. The predicted octanol–water partition coefficient (Wildman–Crippen LogP) is 1.64. The van der Waals surface area contributed by atoms with Crippen LogP contribution < -0.4 is 5.73 Å². The highest BCUT2D eigenvalue weighted by molar-refractivity contribution is 5.58. The lowest BCUT2D eigenvalue weighted by atomic mass is 10.1. The summed E-state index contributed by atoms with van der Waals surface area (Å²) < 4.78 is 5.23. The van der Waals surface area contributed by atoms with E-state index in [2.05, 4.69) is 10.1 Å². The molecular weight excluding hydrogens is 248 g/mol. The van der Waals surface area contributed by atoms with E-state index in [4.69, 9.17) is 10.3 Å². The summed E-state index contributed by atoms with van der Waals surface area (Å²) in [6.45, 7) is 0.476. The molecule has 0 aliphatic heterocycles. The molecule has 1 saturated carbocycles. The van der Waals surface area contributed by atoms with Crippen LogP contribution in [0.4, 0.5) is 5.69 Å². The first kappa shape index (κ1) is 11.8. The van der Waals surface area contributed by atoms with E-state index >= 15 is 0 Å². The largest absolute Gasteiger partial charge is 0.338 e. The Bertz CT molecular complexity index is 633. The first-order valence-electron chi connectivity index (χ1n) is 5.94. The monoisotopic (exact) mass is 260 g/mol. The van der Waals surface area contributed by atoms with Gasteiger partial charge in [0, 0.05) is 24.2 Å². The van der Waals surface area contributed by atoms with E-state index in [-0.39, 0.29) is 11.1 Å². The second-order valence-corrected chi connectivity index (χ2v) is 4.72. The lowest BCUT2D eigenvalue weighted by molar-refractivity contribution is -0.384. The molecule has 1 aromatic carbocycles. The van der Waals surface area contributed by atoms with Crippen molar-refractivity contribution in [2.75, 3.05) is 6.54 Å². The van der Waals surface area contributed by atoms with Crippen LogP contribution in [0.2, 0.25) is 0 Å². The lowest BCUT2D eigenvalue weighted by Gasteiger charge is -2.03. The number of nitro benzene ring substituents is 1. The Kier molecular flexibility index (Phi) is 2.56. The van der Waals surface area contributed by atoms with Gasteiger partial charge in [-0.2, -0.15) is 4.98 Å². The molecule has 1 aliphatic rings. The number of aromatic nitrogens is 2. The molecular formula is C12H12N4O3. The Morgan fingerprint density at radius 3 is 2.89 bits per heavy atom. The zero-order chi connectivity index (χ0) is 13.5. The molecule has 1 aliphatic carbocycles. The van der Waals surface area contributed by atoms with Gasteiger partial charge < -0.3 is 10.3 Å². The van der Waals surface area contributed by atoms with Crippen molar-refractivity contribution in [1.29, 1.82) is 0 Å². The number of nitrogens with two attached hydrogens (primary N) is 1. The molecule has 19 heavy (non-hydrogen) atoms. The van der Waals surface area contributed by atoms with Crippen molar-refractivity contribution in [1.82, 2.24) is 10.1 Å². The van der Waals surface area contributed by atoms with Crippen LogP contribution in [-0.4, -0.2) is 21.6 Å².